The van der Waals surface area contributed by atoms with Gasteiger partial charge in [0.25, 0.3) is 0 Å². The van der Waals surface area contributed by atoms with E-state index in [4.69, 9.17) is 4.74 Å². The van der Waals surface area contributed by atoms with E-state index >= 15 is 0 Å². The molecule has 0 saturated heterocycles. The minimum absolute atomic E-state index is 0.332. The fraction of sp³-hybridized carbons (Fsp3) is 0.500. The van der Waals surface area contributed by atoms with Crippen molar-refractivity contribution in [2.45, 2.75) is 18.9 Å². The Morgan fingerprint density at radius 2 is 2.11 bits per heavy atom. The molecule has 1 fully saturated rings. The van der Waals surface area contributed by atoms with Crippen LogP contribution in [0.1, 0.15) is 12.8 Å². The van der Waals surface area contributed by atoms with Crippen LogP contribution in [0.4, 0.5) is 16.2 Å². The van der Waals surface area contributed by atoms with E-state index in [9.17, 15) is 4.79 Å². The molecule has 1 saturated carbocycles. The standard InChI is InChI=1S/C14H20N2O3/c1-18-9-13(10-6-7-10)15-11-4-3-5-12(8-11)16-14(17)19-2/h3-5,8,10,13,15H,6-7,9H2,1-2H3,(H,16,17). The van der Waals surface area contributed by atoms with Crippen molar-refractivity contribution < 1.29 is 14.3 Å². The Labute approximate surface area is 113 Å². The lowest BCUT2D eigenvalue weighted by Crippen LogP contribution is -2.27. The molecule has 1 aliphatic carbocycles. The van der Waals surface area contributed by atoms with E-state index in [1.165, 1.54) is 20.0 Å². The summed E-state index contributed by atoms with van der Waals surface area (Å²) < 4.78 is 9.81. The third-order valence-electron chi connectivity index (χ3n) is 3.18. The molecular formula is C14H20N2O3. The molecule has 2 N–H and O–H groups in total. The molecule has 1 atom stereocenters. The van der Waals surface area contributed by atoms with Gasteiger partial charge >= 0.3 is 6.09 Å². The highest BCUT2D eigenvalue weighted by Gasteiger charge is 2.31. The van der Waals surface area contributed by atoms with Crippen LogP contribution in [0.3, 0.4) is 0 Å². The van der Waals surface area contributed by atoms with Gasteiger partial charge in [-0.25, -0.2) is 4.79 Å². The van der Waals surface area contributed by atoms with E-state index in [1.54, 1.807) is 7.11 Å². The summed E-state index contributed by atoms with van der Waals surface area (Å²) in [5.74, 6) is 0.692. The van der Waals surface area contributed by atoms with E-state index < -0.39 is 6.09 Å². The minimum Gasteiger partial charge on any atom is -0.453 e. The van der Waals surface area contributed by atoms with Crippen LogP contribution in [-0.4, -0.2) is 33.0 Å². The number of amides is 1. The van der Waals surface area contributed by atoms with Gasteiger partial charge in [0, 0.05) is 18.5 Å². The molecule has 5 nitrogen and oxygen atoms in total. The van der Waals surface area contributed by atoms with Crippen LogP contribution in [0.15, 0.2) is 24.3 Å². The molecule has 1 amide bonds. The van der Waals surface area contributed by atoms with Crippen molar-refractivity contribution in [3.05, 3.63) is 24.3 Å². The summed E-state index contributed by atoms with van der Waals surface area (Å²) in [4.78, 5) is 11.2. The first kappa shape index (κ1) is 13.7. The number of anilines is 2. The first-order chi connectivity index (χ1) is 9.22. The van der Waals surface area contributed by atoms with Crippen LogP contribution in [0.25, 0.3) is 0 Å². The van der Waals surface area contributed by atoms with Crippen molar-refractivity contribution in [3.63, 3.8) is 0 Å². The van der Waals surface area contributed by atoms with Crippen LogP contribution >= 0.6 is 0 Å². The molecule has 104 valence electrons. The number of ether oxygens (including phenoxy) is 2. The van der Waals surface area contributed by atoms with Crippen molar-refractivity contribution in [2.75, 3.05) is 31.5 Å². The lowest BCUT2D eigenvalue weighted by Gasteiger charge is -2.19. The Morgan fingerprint density at radius 3 is 2.74 bits per heavy atom. The van der Waals surface area contributed by atoms with Crippen LogP contribution < -0.4 is 10.6 Å². The molecule has 1 aromatic carbocycles. The fourth-order valence-electron chi connectivity index (χ4n) is 2.04. The number of carbonyl (C=O) groups excluding carboxylic acids is 1. The second kappa shape index (κ2) is 6.43. The van der Waals surface area contributed by atoms with Crippen LogP contribution in [0.5, 0.6) is 0 Å². The molecule has 1 aliphatic rings. The Morgan fingerprint density at radius 1 is 1.37 bits per heavy atom. The topological polar surface area (TPSA) is 59.6 Å². The molecule has 0 spiro atoms. The zero-order valence-electron chi connectivity index (χ0n) is 11.3. The van der Waals surface area contributed by atoms with E-state index in [0.29, 0.717) is 24.3 Å². The molecule has 0 heterocycles. The molecule has 0 aliphatic heterocycles. The Balaban J connectivity index is 1.99. The summed E-state index contributed by atoms with van der Waals surface area (Å²) in [6, 6.07) is 7.92. The fourth-order valence-corrected chi connectivity index (χ4v) is 2.04. The van der Waals surface area contributed by atoms with Gasteiger partial charge in [0.1, 0.15) is 0 Å². The van der Waals surface area contributed by atoms with E-state index in [2.05, 4.69) is 15.4 Å². The first-order valence-electron chi connectivity index (χ1n) is 6.43. The highest BCUT2D eigenvalue weighted by Crippen LogP contribution is 2.34. The number of methoxy groups -OCH3 is 2. The molecular weight excluding hydrogens is 244 g/mol. The van der Waals surface area contributed by atoms with Gasteiger partial charge in [-0.1, -0.05) is 6.07 Å². The average Bonchev–Trinajstić information content (AvgIpc) is 3.23. The maximum absolute atomic E-state index is 11.2. The predicted octanol–water partition coefficient (Wildman–Crippen LogP) is 2.70. The lowest BCUT2D eigenvalue weighted by atomic mass is 10.2. The summed E-state index contributed by atoms with van der Waals surface area (Å²) in [5.41, 5.74) is 1.69. The zero-order valence-corrected chi connectivity index (χ0v) is 11.3. The van der Waals surface area contributed by atoms with Crippen LogP contribution in [0.2, 0.25) is 0 Å². The molecule has 0 radical (unpaired) electrons. The monoisotopic (exact) mass is 264 g/mol. The summed E-state index contributed by atoms with van der Waals surface area (Å²) in [7, 11) is 3.06. The smallest absolute Gasteiger partial charge is 0.411 e. The first-order valence-corrected chi connectivity index (χ1v) is 6.43. The molecule has 19 heavy (non-hydrogen) atoms. The summed E-state index contributed by atoms with van der Waals surface area (Å²) in [6.07, 6.45) is 2.04. The Hall–Kier alpha value is -1.75. The van der Waals surface area contributed by atoms with Gasteiger partial charge in [-0.3, -0.25) is 5.32 Å². The summed E-state index contributed by atoms with van der Waals surface area (Å²) in [6.45, 7) is 0.694. The zero-order chi connectivity index (χ0) is 13.7. The number of nitrogens with one attached hydrogen (secondary N) is 2. The second-order valence-electron chi connectivity index (χ2n) is 4.74. The lowest BCUT2D eigenvalue weighted by molar-refractivity contribution is 0.179. The molecule has 1 aromatic rings. The van der Waals surface area contributed by atoms with Crippen molar-refractivity contribution in [3.8, 4) is 0 Å². The number of rotatable bonds is 6. The molecule has 2 rings (SSSR count). The number of carbonyl (C=O) groups is 1. The molecule has 5 heteroatoms. The number of hydrogen-bond acceptors (Lipinski definition) is 4. The Kier molecular flexibility index (Phi) is 4.63. The van der Waals surface area contributed by atoms with Crippen molar-refractivity contribution in [1.82, 2.24) is 0 Å². The molecule has 0 bridgehead atoms. The van der Waals surface area contributed by atoms with Crippen molar-refractivity contribution in [2.24, 2.45) is 5.92 Å². The van der Waals surface area contributed by atoms with Crippen LogP contribution in [-0.2, 0) is 9.47 Å². The molecule has 1 unspecified atom stereocenters. The van der Waals surface area contributed by atoms with Crippen molar-refractivity contribution >= 4 is 17.5 Å². The van der Waals surface area contributed by atoms with Gasteiger partial charge < -0.3 is 14.8 Å². The van der Waals surface area contributed by atoms with E-state index in [-0.39, 0.29) is 0 Å². The van der Waals surface area contributed by atoms with Gasteiger partial charge in [0.15, 0.2) is 0 Å². The normalized spacial score (nSPS) is 15.7. The minimum atomic E-state index is -0.465. The molecule has 0 aromatic heterocycles. The Bertz CT molecular complexity index is 432. The maximum Gasteiger partial charge on any atom is 0.411 e. The highest BCUT2D eigenvalue weighted by atomic mass is 16.5. The van der Waals surface area contributed by atoms with Gasteiger partial charge in [0.2, 0.25) is 0 Å². The van der Waals surface area contributed by atoms with Gasteiger partial charge in [0.05, 0.1) is 19.8 Å². The van der Waals surface area contributed by atoms with Gasteiger partial charge in [-0.2, -0.15) is 0 Å². The second-order valence-corrected chi connectivity index (χ2v) is 4.74. The summed E-state index contributed by atoms with van der Waals surface area (Å²) >= 11 is 0. The number of benzene rings is 1. The predicted molar refractivity (Wildman–Crippen MR) is 74.5 cm³/mol. The van der Waals surface area contributed by atoms with Crippen molar-refractivity contribution in [1.29, 1.82) is 0 Å². The SMILES string of the molecule is COCC(Nc1cccc(NC(=O)OC)c1)C1CC1. The third-order valence-corrected chi connectivity index (χ3v) is 3.18. The average molecular weight is 264 g/mol. The van der Waals surface area contributed by atoms with E-state index in [1.807, 2.05) is 24.3 Å². The largest absolute Gasteiger partial charge is 0.453 e. The van der Waals surface area contributed by atoms with Gasteiger partial charge in [-0.15, -0.1) is 0 Å². The quantitative estimate of drug-likeness (QED) is 0.829. The summed E-state index contributed by atoms with van der Waals surface area (Å²) in [5, 5.41) is 6.11. The van der Waals surface area contributed by atoms with Gasteiger partial charge in [-0.05, 0) is 37.0 Å². The van der Waals surface area contributed by atoms with E-state index in [0.717, 1.165) is 5.69 Å². The highest BCUT2D eigenvalue weighted by molar-refractivity contribution is 5.85. The van der Waals surface area contributed by atoms with Crippen LogP contribution in [0, 0.1) is 5.92 Å². The maximum atomic E-state index is 11.2. The number of hydrogen-bond donors (Lipinski definition) is 2. The third kappa shape index (κ3) is 4.13.